The Morgan fingerprint density at radius 1 is 1.88 bits per heavy atom. The molecule has 0 aromatic heterocycles. The lowest BCUT2D eigenvalue weighted by atomic mass is 10.4. The predicted molar refractivity (Wildman–Crippen MR) is 24.4 cm³/mol. The molecule has 2 amide bonds. The summed E-state index contributed by atoms with van der Waals surface area (Å²) in [6, 6.07) is 1.58. The number of carbonyl (C=O) groups is 2. The van der Waals surface area contributed by atoms with Crippen molar-refractivity contribution in [1.82, 2.24) is 5.32 Å². The summed E-state index contributed by atoms with van der Waals surface area (Å²) in [4.78, 5) is 19.5. The molecule has 0 spiro atoms. The molecule has 0 aliphatic rings. The fourth-order valence-electron chi connectivity index (χ4n) is 0.189. The van der Waals surface area contributed by atoms with Crippen molar-refractivity contribution in [2.24, 2.45) is 0 Å². The van der Waals surface area contributed by atoms with Crippen molar-refractivity contribution in [1.29, 1.82) is 5.26 Å². The number of amides is 2. The number of hydrogen-bond acceptors (Lipinski definition) is 3. The molecule has 0 saturated heterocycles. The summed E-state index contributed by atoms with van der Waals surface area (Å²) in [5.74, 6) is -0.567. The van der Waals surface area contributed by atoms with Gasteiger partial charge in [0.15, 0.2) is 0 Å². The van der Waals surface area contributed by atoms with E-state index in [-0.39, 0.29) is 12.8 Å². The molecule has 0 bridgehead atoms. The van der Waals surface area contributed by atoms with Crippen LogP contribution in [-0.4, -0.2) is 12.3 Å². The number of imide groups is 1. The van der Waals surface area contributed by atoms with Crippen molar-refractivity contribution in [3.8, 4) is 6.07 Å². The minimum absolute atomic E-state index is 0.250. The van der Waals surface area contributed by atoms with E-state index in [1.165, 1.54) is 0 Å². The topological polar surface area (TPSA) is 70.0 Å². The molecule has 0 atom stereocenters. The molecule has 0 aliphatic heterocycles. The molecule has 0 fully saturated rings. The van der Waals surface area contributed by atoms with Gasteiger partial charge in [-0.2, -0.15) is 5.26 Å². The molecular weight excluding hydrogens is 108 g/mol. The smallest absolute Gasteiger partial charge is 0.240 e. The SMILES string of the molecule is N#CCC(=O)NC=O. The summed E-state index contributed by atoms with van der Waals surface area (Å²) in [6.45, 7) is 0. The standard InChI is InChI=1S/C4H4N2O2/c5-2-1-4(8)6-3-7/h3H,1H2,(H,6,7,8). The van der Waals surface area contributed by atoms with Gasteiger partial charge in [-0.3, -0.25) is 14.9 Å². The molecule has 0 rings (SSSR count). The van der Waals surface area contributed by atoms with E-state index in [0.29, 0.717) is 0 Å². The highest BCUT2D eigenvalue weighted by atomic mass is 16.2. The van der Waals surface area contributed by atoms with E-state index in [9.17, 15) is 9.59 Å². The van der Waals surface area contributed by atoms with Crippen molar-refractivity contribution in [2.75, 3.05) is 0 Å². The molecule has 4 nitrogen and oxygen atoms in total. The first-order valence-corrected chi connectivity index (χ1v) is 1.91. The van der Waals surface area contributed by atoms with E-state index in [4.69, 9.17) is 5.26 Å². The van der Waals surface area contributed by atoms with Crippen LogP contribution in [0.4, 0.5) is 0 Å². The molecule has 0 aromatic rings. The molecule has 8 heavy (non-hydrogen) atoms. The molecule has 0 aliphatic carbocycles. The zero-order valence-electron chi connectivity index (χ0n) is 4.05. The maximum absolute atomic E-state index is 10.1. The molecule has 0 saturated carbocycles. The lowest BCUT2D eigenvalue weighted by Crippen LogP contribution is -2.19. The fraction of sp³-hybridized carbons (Fsp3) is 0.250. The molecule has 4 heteroatoms. The van der Waals surface area contributed by atoms with E-state index in [0.717, 1.165) is 0 Å². The lowest BCUT2D eigenvalue weighted by Gasteiger charge is -1.84. The summed E-state index contributed by atoms with van der Waals surface area (Å²) in [5.41, 5.74) is 0. The van der Waals surface area contributed by atoms with Gasteiger partial charge >= 0.3 is 0 Å². The number of nitriles is 1. The van der Waals surface area contributed by atoms with Gasteiger partial charge in [0.05, 0.1) is 6.07 Å². The van der Waals surface area contributed by atoms with Gasteiger partial charge in [-0.1, -0.05) is 0 Å². The third kappa shape index (κ3) is 2.85. The van der Waals surface area contributed by atoms with Crippen LogP contribution in [0.1, 0.15) is 6.42 Å². The monoisotopic (exact) mass is 112 g/mol. The van der Waals surface area contributed by atoms with Gasteiger partial charge in [0.2, 0.25) is 12.3 Å². The van der Waals surface area contributed by atoms with Gasteiger partial charge in [0.1, 0.15) is 6.42 Å². The van der Waals surface area contributed by atoms with E-state index >= 15 is 0 Å². The van der Waals surface area contributed by atoms with E-state index < -0.39 is 5.91 Å². The minimum atomic E-state index is -0.567. The molecule has 0 unspecified atom stereocenters. The van der Waals surface area contributed by atoms with Crippen molar-refractivity contribution in [2.45, 2.75) is 6.42 Å². The highest BCUT2D eigenvalue weighted by Gasteiger charge is 1.93. The average molecular weight is 112 g/mol. The predicted octanol–water partition coefficient (Wildman–Crippen LogP) is -0.827. The third-order valence-electron chi connectivity index (χ3n) is 0.460. The average Bonchev–Trinajstić information content (AvgIpc) is 1.68. The highest BCUT2D eigenvalue weighted by molar-refractivity contribution is 5.87. The van der Waals surface area contributed by atoms with Gasteiger partial charge in [-0.05, 0) is 0 Å². The first-order chi connectivity index (χ1) is 3.81. The van der Waals surface area contributed by atoms with Crippen LogP contribution in [0.2, 0.25) is 0 Å². The van der Waals surface area contributed by atoms with Gasteiger partial charge in [0, 0.05) is 0 Å². The van der Waals surface area contributed by atoms with Crippen LogP contribution in [0.5, 0.6) is 0 Å². The van der Waals surface area contributed by atoms with Crippen molar-refractivity contribution in [3.05, 3.63) is 0 Å². The van der Waals surface area contributed by atoms with Crippen LogP contribution in [0.25, 0.3) is 0 Å². The summed E-state index contributed by atoms with van der Waals surface area (Å²) in [6.07, 6.45) is -0.0155. The van der Waals surface area contributed by atoms with Crippen LogP contribution in [0.15, 0.2) is 0 Å². The largest absolute Gasteiger partial charge is 0.298 e. The van der Waals surface area contributed by atoms with Crippen LogP contribution >= 0.6 is 0 Å². The second-order valence-corrected chi connectivity index (χ2v) is 1.02. The normalized spacial score (nSPS) is 6.88. The Morgan fingerprint density at radius 2 is 2.50 bits per heavy atom. The third-order valence-corrected chi connectivity index (χ3v) is 0.460. The Bertz CT molecular complexity index is 135. The number of nitrogens with one attached hydrogen (secondary N) is 1. The Morgan fingerprint density at radius 3 is 2.88 bits per heavy atom. The number of hydrogen-bond donors (Lipinski definition) is 1. The Hall–Kier alpha value is -1.37. The van der Waals surface area contributed by atoms with Crippen LogP contribution in [-0.2, 0) is 9.59 Å². The van der Waals surface area contributed by atoms with Crippen LogP contribution in [0.3, 0.4) is 0 Å². The molecule has 1 N–H and O–H groups in total. The summed E-state index contributed by atoms with van der Waals surface area (Å²) >= 11 is 0. The van der Waals surface area contributed by atoms with Crippen LogP contribution < -0.4 is 5.32 Å². The minimum Gasteiger partial charge on any atom is -0.298 e. The lowest BCUT2D eigenvalue weighted by molar-refractivity contribution is -0.124. The molecule has 0 aromatic carbocycles. The zero-order valence-corrected chi connectivity index (χ0v) is 4.05. The highest BCUT2D eigenvalue weighted by Crippen LogP contribution is 1.69. The number of nitrogens with zero attached hydrogens (tertiary/aromatic N) is 1. The maximum atomic E-state index is 10.1. The van der Waals surface area contributed by atoms with Gasteiger partial charge in [-0.25, -0.2) is 0 Å². The van der Waals surface area contributed by atoms with E-state index in [1.54, 1.807) is 11.4 Å². The molecule has 42 valence electrons. The second-order valence-electron chi connectivity index (χ2n) is 1.02. The van der Waals surface area contributed by atoms with Crippen molar-refractivity contribution >= 4 is 12.3 Å². The summed E-state index contributed by atoms with van der Waals surface area (Å²) in [5, 5.41) is 9.64. The zero-order chi connectivity index (χ0) is 6.41. The molecule has 0 heterocycles. The first kappa shape index (κ1) is 6.63. The molecular formula is C4H4N2O2. The Balaban J connectivity index is 3.36. The maximum Gasteiger partial charge on any atom is 0.240 e. The number of rotatable bonds is 2. The Kier molecular flexibility index (Phi) is 3.16. The van der Waals surface area contributed by atoms with Crippen molar-refractivity contribution in [3.63, 3.8) is 0 Å². The van der Waals surface area contributed by atoms with E-state index in [1.807, 2.05) is 0 Å². The van der Waals surface area contributed by atoms with Crippen molar-refractivity contribution < 1.29 is 9.59 Å². The first-order valence-electron chi connectivity index (χ1n) is 1.91. The molecule has 0 radical (unpaired) electrons. The fourth-order valence-corrected chi connectivity index (χ4v) is 0.189. The second kappa shape index (κ2) is 3.81. The number of carbonyl (C=O) groups excluding carboxylic acids is 2. The summed E-state index contributed by atoms with van der Waals surface area (Å²) in [7, 11) is 0. The quantitative estimate of drug-likeness (QED) is 0.474. The van der Waals surface area contributed by atoms with E-state index in [2.05, 4.69) is 0 Å². The van der Waals surface area contributed by atoms with Gasteiger partial charge in [0.25, 0.3) is 0 Å². The van der Waals surface area contributed by atoms with Gasteiger partial charge in [-0.15, -0.1) is 0 Å². The summed E-state index contributed by atoms with van der Waals surface area (Å²) < 4.78 is 0. The Labute approximate surface area is 46.1 Å². The van der Waals surface area contributed by atoms with Crippen LogP contribution in [0, 0.1) is 11.3 Å². The van der Waals surface area contributed by atoms with Gasteiger partial charge < -0.3 is 0 Å².